The van der Waals surface area contributed by atoms with Gasteiger partial charge in [-0.25, -0.2) is 4.79 Å². The van der Waals surface area contributed by atoms with Gasteiger partial charge in [0.25, 0.3) is 0 Å². The molecule has 266 valence electrons. The molecule has 1 aliphatic carbocycles. The summed E-state index contributed by atoms with van der Waals surface area (Å²) in [5.74, 6) is -0.454. The van der Waals surface area contributed by atoms with E-state index in [4.69, 9.17) is 19.4 Å². The number of nitrogens with zero attached hydrogens (tertiary/aromatic N) is 1. The van der Waals surface area contributed by atoms with E-state index in [-0.39, 0.29) is 11.7 Å². The number of aliphatic hydroxyl groups excluding tert-OH is 1. The minimum Gasteiger partial charge on any atom is -0.497 e. The highest BCUT2D eigenvalue weighted by Gasteiger charge is 2.38. The van der Waals surface area contributed by atoms with E-state index in [1.807, 2.05) is 24.3 Å². The van der Waals surface area contributed by atoms with Crippen molar-refractivity contribution in [1.82, 2.24) is 10.2 Å². The van der Waals surface area contributed by atoms with Crippen molar-refractivity contribution >= 4 is 17.7 Å². The number of ketones is 1. The fourth-order valence-electron chi connectivity index (χ4n) is 6.05. The maximum atomic E-state index is 12.9. The van der Waals surface area contributed by atoms with Gasteiger partial charge in [0.2, 0.25) is 5.91 Å². The molecular formula is C36H49F3N2O7. The fraction of sp³-hybridized carbons (Fsp3) is 0.583. The molecule has 1 aliphatic heterocycles. The molecule has 1 heterocycles. The number of carbonyl (C=O) groups is 3. The van der Waals surface area contributed by atoms with Crippen LogP contribution >= 0.6 is 0 Å². The minimum absolute atomic E-state index is 0.0665. The number of Topliss-reactive ketones (excluding diaryl/α,β-unsaturated/α-hetero) is 1. The van der Waals surface area contributed by atoms with Crippen molar-refractivity contribution in [2.45, 2.75) is 95.4 Å². The number of carboxylic acids is 1. The molecule has 0 spiro atoms. The number of aliphatic hydroxyl groups is 1. The Balaban J connectivity index is 0.000000804. The van der Waals surface area contributed by atoms with E-state index in [1.165, 1.54) is 32.1 Å². The van der Waals surface area contributed by atoms with Crippen LogP contribution in [-0.2, 0) is 9.59 Å². The lowest BCUT2D eigenvalue weighted by molar-refractivity contribution is -0.192. The number of ether oxygens (including phenoxy) is 2. The molecule has 0 bridgehead atoms. The van der Waals surface area contributed by atoms with Crippen LogP contribution in [0.4, 0.5) is 13.2 Å². The SMILES string of the molecule is COc1ccc(C(=O)CCCCC(=O)N[C@H](CN2CCCC2)[C@H](O)c2ccc(OCCC3CCCCC3)cc2)cc1.O=C(O)C(F)(F)F. The lowest BCUT2D eigenvalue weighted by Gasteiger charge is -2.29. The highest BCUT2D eigenvalue weighted by molar-refractivity contribution is 5.96. The summed E-state index contributed by atoms with van der Waals surface area (Å²) in [5, 5.41) is 21.5. The van der Waals surface area contributed by atoms with Crippen molar-refractivity contribution in [1.29, 1.82) is 0 Å². The summed E-state index contributed by atoms with van der Waals surface area (Å²) in [6.45, 7) is 3.31. The van der Waals surface area contributed by atoms with E-state index < -0.39 is 24.3 Å². The molecule has 0 aromatic heterocycles. The molecule has 2 aromatic carbocycles. The van der Waals surface area contributed by atoms with Crippen molar-refractivity contribution in [3.8, 4) is 11.5 Å². The number of likely N-dealkylation sites (tertiary alicyclic amines) is 1. The number of unbranched alkanes of at least 4 members (excludes halogenated alkanes) is 1. The first kappa shape index (κ1) is 38.8. The number of methoxy groups -OCH3 is 1. The Morgan fingerprint density at radius 1 is 0.896 bits per heavy atom. The normalized spacial score (nSPS) is 16.7. The molecular weight excluding hydrogens is 629 g/mol. The molecule has 48 heavy (non-hydrogen) atoms. The monoisotopic (exact) mass is 678 g/mol. The highest BCUT2D eigenvalue weighted by Crippen LogP contribution is 2.27. The van der Waals surface area contributed by atoms with Gasteiger partial charge in [0.15, 0.2) is 5.78 Å². The third-order valence-corrected chi connectivity index (χ3v) is 8.83. The molecule has 2 aromatic rings. The molecule has 1 saturated carbocycles. The first-order valence-corrected chi connectivity index (χ1v) is 16.9. The van der Waals surface area contributed by atoms with E-state index in [2.05, 4.69) is 10.2 Å². The number of amides is 1. The summed E-state index contributed by atoms with van der Waals surface area (Å²) in [6, 6.07) is 14.4. The first-order chi connectivity index (χ1) is 23.0. The van der Waals surface area contributed by atoms with Crippen molar-refractivity contribution in [3.05, 3.63) is 59.7 Å². The van der Waals surface area contributed by atoms with Crippen LogP contribution in [0.2, 0.25) is 0 Å². The Morgan fingerprint density at radius 3 is 2.06 bits per heavy atom. The van der Waals surface area contributed by atoms with Gasteiger partial charge in [0.05, 0.1) is 19.8 Å². The fourth-order valence-corrected chi connectivity index (χ4v) is 6.05. The number of halogens is 3. The number of hydrogen-bond donors (Lipinski definition) is 3. The number of alkyl halides is 3. The van der Waals surface area contributed by atoms with Gasteiger partial charge in [-0.1, -0.05) is 44.2 Å². The second-order valence-electron chi connectivity index (χ2n) is 12.5. The van der Waals surface area contributed by atoms with Gasteiger partial charge in [-0.05, 0) is 93.1 Å². The van der Waals surface area contributed by atoms with Crippen LogP contribution in [-0.4, -0.2) is 78.3 Å². The predicted molar refractivity (Wildman–Crippen MR) is 175 cm³/mol. The van der Waals surface area contributed by atoms with Gasteiger partial charge in [-0.3, -0.25) is 9.59 Å². The molecule has 9 nitrogen and oxygen atoms in total. The summed E-state index contributed by atoms with van der Waals surface area (Å²) in [7, 11) is 1.60. The average Bonchev–Trinajstić information content (AvgIpc) is 3.60. The summed E-state index contributed by atoms with van der Waals surface area (Å²) in [5.41, 5.74) is 1.43. The number of aliphatic carboxylic acids is 1. The maximum absolute atomic E-state index is 12.9. The summed E-state index contributed by atoms with van der Waals surface area (Å²) in [4.78, 5) is 36.6. The zero-order valence-electron chi connectivity index (χ0n) is 27.7. The molecule has 0 radical (unpaired) electrons. The van der Waals surface area contributed by atoms with Crippen LogP contribution in [0.5, 0.6) is 11.5 Å². The van der Waals surface area contributed by atoms with Gasteiger partial charge in [-0.15, -0.1) is 0 Å². The molecule has 4 rings (SSSR count). The zero-order valence-corrected chi connectivity index (χ0v) is 27.7. The summed E-state index contributed by atoms with van der Waals surface area (Å²) < 4.78 is 42.9. The Kier molecular flexibility index (Phi) is 16.2. The summed E-state index contributed by atoms with van der Waals surface area (Å²) in [6.07, 6.45) is 6.17. The molecule has 1 amide bonds. The molecule has 2 aliphatic rings. The number of carbonyl (C=O) groups excluding carboxylic acids is 2. The van der Waals surface area contributed by atoms with Gasteiger partial charge in [-0.2, -0.15) is 13.2 Å². The standard InChI is InChI=1S/C34H48N2O5.C2HF3O2/c1-40-29-17-13-27(14-18-29)32(37)11-5-6-12-33(38)35-31(25-36-22-7-8-23-36)34(39)28-15-19-30(20-16-28)41-24-21-26-9-3-2-4-10-26;3-2(4,5)1(6)7/h13-20,26,31,34,39H,2-12,21-25H2,1H3,(H,35,38);(H,6,7)/t31-,34-;/m1./s1. The Bertz CT molecular complexity index is 1260. The van der Waals surface area contributed by atoms with Crippen LogP contribution in [0.15, 0.2) is 48.5 Å². The van der Waals surface area contributed by atoms with E-state index in [9.17, 15) is 27.9 Å². The van der Waals surface area contributed by atoms with Crippen molar-refractivity contribution in [2.75, 3.05) is 33.4 Å². The molecule has 1 saturated heterocycles. The number of benzene rings is 2. The second-order valence-corrected chi connectivity index (χ2v) is 12.5. The maximum Gasteiger partial charge on any atom is 0.490 e. The van der Waals surface area contributed by atoms with Gasteiger partial charge in [0, 0.05) is 24.9 Å². The van der Waals surface area contributed by atoms with E-state index in [1.54, 1.807) is 31.4 Å². The van der Waals surface area contributed by atoms with Crippen molar-refractivity contribution in [3.63, 3.8) is 0 Å². The predicted octanol–water partition coefficient (Wildman–Crippen LogP) is 6.74. The molecule has 2 atom stereocenters. The van der Waals surface area contributed by atoms with Crippen molar-refractivity contribution < 1.29 is 47.2 Å². The lowest BCUT2D eigenvalue weighted by Crippen LogP contribution is -2.46. The van der Waals surface area contributed by atoms with Crippen molar-refractivity contribution in [2.24, 2.45) is 5.92 Å². The van der Waals surface area contributed by atoms with Gasteiger partial charge < -0.3 is 29.9 Å². The van der Waals surface area contributed by atoms with E-state index in [0.29, 0.717) is 37.8 Å². The Hall–Kier alpha value is -3.64. The number of nitrogens with one attached hydrogen (secondary N) is 1. The highest BCUT2D eigenvalue weighted by atomic mass is 19.4. The quantitative estimate of drug-likeness (QED) is 0.132. The number of carboxylic acid groups (broad SMARTS) is 1. The molecule has 0 unspecified atom stereocenters. The third-order valence-electron chi connectivity index (χ3n) is 8.83. The number of hydrogen-bond acceptors (Lipinski definition) is 7. The van der Waals surface area contributed by atoms with E-state index in [0.717, 1.165) is 61.9 Å². The smallest absolute Gasteiger partial charge is 0.490 e. The van der Waals surface area contributed by atoms with Crippen LogP contribution in [0, 0.1) is 5.92 Å². The second kappa shape index (κ2) is 20.0. The zero-order chi connectivity index (χ0) is 34.9. The largest absolute Gasteiger partial charge is 0.497 e. The van der Waals surface area contributed by atoms with Gasteiger partial charge >= 0.3 is 12.1 Å². The molecule has 3 N–H and O–H groups in total. The summed E-state index contributed by atoms with van der Waals surface area (Å²) >= 11 is 0. The Labute approximate surface area is 280 Å². The first-order valence-electron chi connectivity index (χ1n) is 16.9. The topological polar surface area (TPSA) is 125 Å². The minimum atomic E-state index is -5.08. The third kappa shape index (κ3) is 13.8. The van der Waals surface area contributed by atoms with Gasteiger partial charge in [0.1, 0.15) is 17.6 Å². The van der Waals surface area contributed by atoms with Crippen LogP contribution in [0.3, 0.4) is 0 Å². The van der Waals surface area contributed by atoms with Crippen LogP contribution in [0.1, 0.15) is 99.1 Å². The van der Waals surface area contributed by atoms with Crippen LogP contribution in [0.25, 0.3) is 0 Å². The van der Waals surface area contributed by atoms with Crippen LogP contribution < -0.4 is 14.8 Å². The molecule has 12 heteroatoms. The lowest BCUT2D eigenvalue weighted by atomic mass is 9.87. The molecule has 2 fully saturated rings. The number of rotatable bonds is 16. The average molecular weight is 679 g/mol. The Morgan fingerprint density at radius 2 is 1.48 bits per heavy atom. The van der Waals surface area contributed by atoms with E-state index >= 15 is 0 Å².